The molecule has 1 aliphatic rings. The van der Waals surface area contributed by atoms with Crippen LogP contribution in [0, 0.1) is 0 Å². The highest BCUT2D eigenvalue weighted by molar-refractivity contribution is 5.83. The third-order valence-electron chi connectivity index (χ3n) is 3.64. The third-order valence-corrected chi connectivity index (χ3v) is 3.64. The Kier molecular flexibility index (Phi) is 7.75. The first-order chi connectivity index (χ1) is 12.8. The molecular weight excluding hydrogens is 348 g/mol. The fourth-order valence-electron chi connectivity index (χ4n) is 2.43. The molecule has 2 N–H and O–H groups in total. The summed E-state index contributed by atoms with van der Waals surface area (Å²) in [4.78, 5) is 25.6. The number of carbonyl (C=O) groups excluding carboxylic acids is 2. The van der Waals surface area contributed by atoms with Crippen LogP contribution in [0.2, 0.25) is 0 Å². The summed E-state index contributed by atoms with van der Waals surface area (Å²) in [5.74, 6) is 0.265. The maximum atomic E-state index is 11.8. The SMILES string of the molecule is CC(C)(C)NC(=O)COc1ccc(/C=N\NC(=O)CN2CCOCC2)cc1. The molecule has 0 unspecified atom stereocenters. The molecule has 0 bridgehead atoms. The number of hydrogen-bond donors (Lipinski definition) is 2. The average Bonchev–Trinajstić information content (AvgIpc) is 2.60. The Balaban J connectivity index is 1.72. The second-order valence-electron chi connectivity index (χ2n) is 7.34. The molecule has 0 saturated carbocycles. The van der Waals surface area contributed by atoms with E-state index in [4.69, 9.17) is 9.47 Å². The van der Waals surface area contributed by atoms with E-state index in [1.807, 2.05) is 25.7 Å². The Hall–Kier alpha value is -2.45. The number of nitrogens with one attached hydrogen (secondary N) is 2. The van der Waals surface area contributed by atoms with Crippen molar-refractivity contribution < 1.29 is 19.1 Å². The van der Waals surface area contributed by atoms with Gasteiger partial charge in [-0.25, -0.2) is 5.43 Å². The summed E-state index contributed by atoms with van der Waals surface area (Å²) in [5, 5.41) is 6.80. The number of ether oxygens (including phenoxy) is 2. The van der Waals surface area contributed by atoms with Crippen LogP contribution in [-0.2, 0) is 14.3 Å². The lowest BCUT2D eigenvalue weighted by Gasteiger charge is -2.25. The zero-order valence-corrected chi connectivity index (χ0v) is 16.2. The fraction of sp³-hybridized carbons (Fsp3) is 0.526. The molecule has 148 valence electrons. The molecule has 1 aromatic carbocycles. The van der Waals surface area contributed by atoms with E-state index in [2.05, 4.69) is 15.8 Å². The molecule has 0 aliphatic carbocycles. The number of nitrogens with zero attached hydrogens (tertiary/aromatic N) is 2. The minimum atomic E-state index is -0.285. The van der Waals surface area contributed by atoms with Gasteiger partial charge in [-0.15, -0.1) is 0 Å². The van der Waals surface area contributed by atoms with E-state index in [9.17, 15) is 9.59 Å². The molecule has 1 heterocycles. The number of hydrazone groups is 1. The second-order valence-corrected chi connectivity index (χ2v) is 7.34. The van der Waals surface area contributed by atoms with Crippen molar-refractivity contribution in [1.82, 2.24) is 15.6 Å². The first-order valence-electron chi connectivity index (χ1n) is 8.98. The molecule has 1 fully saturated rings. The Morgan fingerprint density at radius 1 is 1.19 bits per heavy atom. The first-order valence-corrected chi connectivity index (χ1v) is 8.98. The molecule has 0 spiro atoms. The van der Waals surface area contributed by atoms with Crippen LogP contribution in [0.3, 0.4) is 0 Å². The summed E-state index contributed by atoms with van der Waals surface area (Å²) in [6.45, 7) is 8.84. The van der Waals surface area contributed by atoms with Gasteiger partial charge in [0.1, 0.15) is 5.75 Å². The van der Waals surface area contributed by atoms with E-state index in [0.717, 1.165) is 18.7 Å². The van der Waals surface area contributed by atoms with Crippen LogP contribution >= 0.6 is 0 Å². The molecule has 8 nitrogen and oxygen atoms in total. The van der Waals surface area contributed by atoms with E-state index in [1.54, 1.807) is 30.5 Å². The monoisotopic (exact) mass is 376 g/mol. The minimum absolute atomic E-state index is 0.0394. The summed E-state index contributed by atoms with van der Waals surface area (Å²) in [6.07, 6.45) is 1.56. The Labute approximate surface area is 159 Å². The van der Waals surface area contributed by atoms with Crippen LogP contribution in [0.15, 0.2) is 29.4 Å². The highest BCUT2D eigenvalue weighted by atomic mass is 16.5. The van der Waals surface area contributed by atoms with Crippen molar-refractivity contribution in [1.29, 1.82) is 0 Å². The van der Waals surface area contributed by atoms with Crippen molar-refractivity contribution in [3.8, 4) is 5.75 Å². The van der Waals surface area contributed by atoms with Crippen LogP contribution < -0.4 is 15.5 Å². The maximum Gasteiger partial charge on any atom is 0.258 e. The van der Waals surface area contributed by atoms with Gasteiger partial charge in [-0.3, -0.25) is 14.5 Å². The predicted molar refractivity (Wildman–Crippen MR) is 103 cm³/mol. The lowest BCUT2D eigenvalue weighted by molar-refractivity contribution is -0.124. The number of morpholine rings is 1. The van der Waals surface area contributed by atoms with Crippen LogP contribution in [0.5, 0.6) is 5.75 Å². The van der Waals surface area contributed by atoms with Gasteiger partial charge < -0.3 is 14.8 Å². The van der Waals surface area contributed by atoms with E-state index >= 15 is 0 Å². The zero-order valence-electron chi connectivity index (χ0n) is 16.2. The highest BCUT2D eigenvalue weighted by Gasteiger charge is 2.14. The van der Waals surface area contributed by atoms with Crippen LogP contribution in [-0.4, -0.2) is 67.9 Å². The summed E-state index contributed by atoms with van der Waals surface area (Å²) < 4.78 is 10.7. The Morgan fingerprint density at radius 3 is 2.48 bits per heavy atom. The summed E-state index contributed by atoms with van der Waals surface area (Å²) in [5.41, 5.74) is 3.05. The van der Waals surface area contributed by atoms with E-state index in [1.165, 1.54) is 0 Å². The van der Waals surface area contributed by atoms with Crippen molar-refractivity contribution in [2.45, 2.75) is 26.3 Å². The zero-order chi connectivity index (χ0) is 19.7. The molecule has 0 atom stereocenters. The topological polar surface area (TPSA) is 92.3 Å². The van der Waals surface area contributed by atoms with Crippen molar-refractivity contribution >= 4 is 18.0 Å². The van der Waals surface area contributed by atoms with Gasteiger partial charge in [-0.1, -0.05) is 0 Å². The molecule has 0 radical (unpaired) electrons. The summed E-state index contributed by atoms with van der Waals surface area (Å²) in [6, 6.07) is 7.10. The van der Waals surface area contributed by atoms with Crippen molar-refractivity contribution in [2.24, 2.45) is 5.10 Å². The highest BCUT2D eigenvalue weighted by Crippen LogP contribution is 2.11. The normalized spacial score (nSPS) is 15.5. The second kappa shape index (κ2) is 10.0. The summed E-state index contributed by atoms with van der Waals surface area (Å²) >= 11 is 0. The molecule has 1 aromatic rings. The lowest BCUT2D eigenvalue weighted by Crippen LogP contribution is -2.43. The van der Waals surface area contributed by atoms with Gasteiger partial charge in [-0.05, 0) is 50.6 Å². The van der Waals surface area contributed by atoms with Crippen LogP contribution in [0.4, 0.5) is 0 Å². The number of hydrogen-bond acceptors (Lipinski definition) is 6. The van der Waals surface area contributed by atoms with Crippen LogP contribution in [0.1, 0.15) is 26.3 Å². The minimum Gasteiger partial charge on any atom is -0.484 e. The standard InChI is InChI=1S/C19H28N4O4/c1-19(2,3)21-18(25)14-27-16-6-4-15(5-7-16)12-20-22-17(24)13-23-8-10-26-11-9-23/h4-7,12H,8-11,13-14H2,1-3H3,(H,21,25)(H,22,24)/b20-12-. The molecule has 1 aliphatic heterocycles. The smallest absolute Gasteiger partial charge is 0.258 e. The van der Waals surface area contributed by atoms with Gasteiger partial charge >= 0.3 is 0 Å². The van der Waals surface area contributed by atoms with Crippen molar-refractivity contribution in [2.75, 3.05) is 39.5 Å². The number of benzene rings is 1. The van der Waals surface area contributed by atoms with Crippen LogP contribution in [0.25, 0.3) is 0 Å². The van der Waals surface area contributed by atoms with Gasteiger partial charge in [0.05, 0.1) is 26.0 Å². The van der Waals surface area contributed by atoms with Gasteiger partial charge in [0.2, 0.25) is 0 Å². The summed E-state index contributed by atoms with van der Waals surface area (Å²) in [7, 11) is 0. The molecule has 2 rings (SSSR count). The van der Waals surface area contributed by atoms with Crippen molar-refractivity contribution in [3.05, 3.63) is 29.8 Å². The Bertz CT molecular complexity index is 647. The predicted octanol–water partition coefficient (Wildman–Crippen LogP) is 0.762. The van der Waals surface area contributed by atoms with Gasteiger partial charge in [0.15, 0.2) is 6.61 Å². The molecule has 0 aromatic heterocycles. The molecule has 1 saturated heterocycles. The third kappa shape index (κ3) is 8.65. The molecular formula is C19H28N4O4. The molecule has 2 amide bonds. The first kappa shape index (κ1) is 20.9. The van der Waals surface area contributed by atoms with E-state index in [-0.39, 0.29) is 24.0 Å². The molecule has 27 heavy (non-hydrogen) atoms. The largest absolute Gasteiger partial charge is 0.484 e. The van der Waals surface area contributed by atoms with Gasteiger partial charge in [0.25, 0.3) is 11.8 Å². The maximum absolute atomic E-state index is 11.8. The number of carbonyl (C=O) groups is 2. The molecule has 8 heteroatoms. The van der Waals surface area contributed by atoms with E-state index in [0.29, 0.717) is 25.5 Å². The average molecular weight is 376 g/mol. The van der Waals surface area contributed by atoms with Gasteiger partial charge in [0, 0.05) is 18.6 Å². The number of rotatable bonds is 7. The quantitative estimate of drug-likeness (QED) is 0.542. The number of amides is 2. The van der Waals surface area contributed by atoms with E-state index < -0.39 is 0 Å². The Morgan fingerprint density at radius 2 is 1.85 bits per heavy atom. The fourth-order valence-corrected chi connectivity index (χ4v) is 2.43. The lowest BCUT2D eigenvalue weighted by atomic mass is 10.1. The van der Waals surface area contributed by atoms with Crippen molar-refractivity contribution in [3.63, 3.8) is 0 Å². The van der Waals surface area contributed by atoms with Gasteiger partial charge in [-0.2, -0.15) is 5.10 Å².